The Morgan fingerprint density at radius 3 is 1.74 bits per heavy atom. The maximum absolute atomic E-state index is 14.1. The van der Waals surface area contributed by atoms with Crippen LogP contribution in [0.4, 0.5) is 115 Å². The first kappa shape index (κ1) is 59.3. The molecule has 0 unspecified atom stereocenters. The van der Waals surface area contributed by atoms with Crippen molar-refractivity contribution in [3.63, 3.8) is 0 Å². The topological polar surface area (TPSA) is 139 Å². The van der Waals surface area contributed by atoms with Crippen LogP contribution in [0.25, 0.3) is 0 Å². The second kappa shape index (κ2) is 20.6. The van der Waals surface area contributed by atoms with Crippen molar-refractivity contribution in [2.45, 2.75) is 92.8 Å². The van der Waals surface area contributed by atoms with E-state index in [0.717, 1.165) is 16.9 Å². The molecule has 0 bridgehead atoms. The number of anilines is 4. The summed E-state index contributed by atoms with van der Waals surface area (Å²) in [5, 5.41) is 6.39. The number of thiazole rings is 1. The van der Waals surface area contributed by atoms with Gasteiger partial charge in [0.1, 0.15) is 28.9 Å². The summed E-state index contributed by atoms with van der Waals surface area (Å²) >= 11 is 7.21. The second-order valence-electron chi connectivity index (χ2n) is 15.2. The number of aryl methyl sites for hydroxylation is 2. The number of carbonyl (C=O) groups excluding carboxylic acids is 3. The Kier molecular flexibility index (Phi) is 16.9. The van der Waals surface area contributed by atoms with Crippen LogP contribution in [0.15, 0.2) is 30.5 Å². The minimum Gasteiger partial charge on any atom is -0.464 e. The molecule has 1 aliphatic rings. The molecule has 1 aromatic carbocycles. The highest BCUT2D eigenvalue weighted by atomic mass is 35.5. The zero-order valence-corrected chi connectivity index (χ0v) is 37.3. The van der Waals surface area contributed by atoms with Gasteiger partial charge in [0, 0.05) is 51.6 Å². The van der Waals surface area contributed by atoms with E-state index in [1.54, 1.807) is 43.0 Å². The summed E-state index contributed by atoms with van der Waals surface area (Å²) < 4.78 is 292. The number of nitrogens with zero attached hydrogens (tertiary/aromatic N) is 5. The summed E-state index contributed by atoms with van der Waals surface area (Å²) in [6.45, 7) is 4.38. The number of esters is 2. The molecule has 0 atom stereocenters. The summed E-state index contributed by atoms with van der Waals surface area (Å²) in [5.41, 5.74) is 1.16. The predicted octanol–water partition coefficient (Wildman–Crippen LogP) is 10.8. The van der Waals surface area contributed by atoms with E-state index in [-0.39, 0.29) is 18.0 Å². The van der Waals surface area contributed by atoms with E-state index in [2.05, 4.69) is 30.3 Å². The SMILES string of the molecule is Cc1nc(Nc2ncc(C(=O)Nc3c(C)cccc3Cl)s2)cc(N2CCN(CCOC(=O)CCCC(=O)OC(F)(F)C(F)(F)C(F)(F)C(F)(F)C(F)(F)C(F)(F)C(F)(F)C(F)(F)C(F)(F)C(F)(F)F)CC2)n1. The lowest BCUT2D eigenvalue weighted by Gasteiger charge is -2.44. The van der Waals surface area contributed by atoms with Gasteiger partial charge in [0.2, 0.25) is 0 Å². The van der Waals surface area contributed by atoms with E-state index in [9.17, 15) is 107 Å². The average Bonchev–Trinajstić information content (AvgIpc) is 3.72. The number of aromatic nitrogens is 3. The summed E-state index contributed by atoms with van der Waals surface area (Å²) in [4.78, 5) is 53.5. The highest BCUT2D eigenvalue weighted by molar-refractivity contribution is 7.17. The molecule has 12 nitrogen and oxygen atoms in total. The first-order valence-corrected chi connectivity index (χ1v) is 20.8. The minimum atomic E-state index is -9.34. The van der Waals surface area contributed by atoms with Crippen LogP contribution in [-0.4, -0.2) is 137 Å². The summed E-state index contributed by atoms with van der Waals surface area (Å²) in [5.74, 6) is -75.4. The molecule has 3 heterocycles. The number of nitrogens with one attached hydrogen (secondary N) is 2. The number of hydrogen-bond acceptors (Lipinski definition) is 12. The van der Waals surface area contributed by atoms with Crippen molar-refractivity contribution in [1.29, 1.82) is 0 Å². The van der Waals surface area contributed by atoms with Gasteiger partial charge in [-0.25, -0.2) is 15.0 Å². The molecule has 1 fully saturated rings. The zero-order valence-electron chi connectivity index (χ0n) is 35.8. The van der Waals surface area contributed by atoms with Gasteiger partial charge in [0.25, 0.3) is 5.91 Å². The fourth-order valence-electron chi connectivity index (χ4n) is 6.03. The maximum Gasteiger partial charge on any atom is 0.473 e. The Morgan fingerprint density at radius 2 is 1.21 bits per heavy atom. The third kappa shape index (κ3) is 11.1. The Morgan fingerprint density at radius 1 is 0.694 bits per heavy atom. The lowest BCUT2D eigenvalue weighted by molar-refractivity contribution is -0.482. The molecular formula is C37H31ClF21N7O5S. The highest BCUT2D eigenvalue weighted by Gasteiger charge is 2.98. The molecule has 1 aliphatic heterocycles. The number of piperazine rings is 1. The second-order valence-corrected chi connectivity index (χ2v) is 16.6. The quantitative estimate of drug-likeness (QED) is 0.0779. The van der Waals surface area contributed by atoms with Crippen molar-refractivity contribution in [3.8, 4) is 0 Å². The van der Waals surface area contributed by atoms with Gasteiger partial charge in [0.15, 0.2) is 5.13 Å². The molecule has 0 aliphatic carbocycles. The smallest absolute Gasteiger partial charge is 0.464 e. The van der Waals surface area contributed by atoms with Crippen molar-refractivity contribution in [3.05, 3.63) is 51.7 Å². The molecule has 404 valence electrons. The standard InChI is InChI=1S/C37H31ClF21N7O5S/c1-17-5-3-6-19(38)25(17)64-26(69)20-16-60-27(72-20)63-21-15-22(62-18(2)61-21)66-11-9-65(10-12-66)13-14-70-23(67)7-4-8-24(68)71-37(58,59)35(53,54)33(49,50)31(45,46)29(41,42)28(39,40)30(43,44)32(47,48)34(51,52)36(55,56)57/h3,5-6,15-16H,4,7-14H2,1-2H3,(H,64,69)(H,60,61,62,63). The number of benzene rings is 1. The zero-order chi connectivity index (χ0) is 55.1. The molecule has 3 aromatic rings. The van der Waals surface area contributed by atoms with Crippen LogP contribution in [0.1, 0.15) is 40.3 Å². The van der Waals surface area contributed by atoms with Crippen LogP contribution in [0.5, 0.6) is 0 Å². The number of carbonyl (C=O) groups is 3. The van der Waals surface area contributed by atoms with Gasteiger partial charge in [-0.05, 0) is 31.9 Å². The van der Waals surface area contributed by atoms with Crippen LogP contribution in [0, 0.1) is 13.8 Å². The normalized spacial score (nSPS) is 15.4. The van der Waals surface area contributed by atoms with Gasteiger partial charge in [-0.1, -0.05) is 35.1 Å². The summed E-state index contributed by atoms with van der Waals surface area (Å²) in [6.07, 6.45) is -18.1. The third-order valence-electron chi connectivity index (χ3n) is 10.1. The molecule has 0 saturated carbocycles. The van der Waals surface area contributed by atoms with E-state index in [1.807, 2.05) is 4.90 Å². The van der Waals surface area contributed by atoms with Crippen LogP contribution in [-0.2, 0) is 19.1 Å². The number of rotatable bonds is 21. The van der Waals surface area contributed by atoms with Gasteiger partial charge in [-0.3, -0.25) is 19.3 Å². The highest BCUT2D eigenvalue weighted by Crippen LogP contribution is 2.66. The van der Waals surface area contributed by atoms with E-state index < -0.39 is 96.8 Å². The molecule has 0 radical (unpaired) electrons. The van der Waals surface area contributed by atoms with E-state index >= 15 is 0 Å². The van der Waals surface area contributed by atoms with Gasteiger partial charge in [0.05, 0.1) is 16.9 Å². The Balaban J connectivity index is 1.25. The molecule has 4 rings (SSSR count). The Hall–Kier alpha value is -5.28. The largest absolute Gasteiger partial charge is 0.473 e. The Labute approximate surface area is 398 Å². The first-order valence-electron chi connectivity index (χ1n) is 19.6. The van der Waals surface area contributed by atoms with Crippen LogP contribution in [0.2, 0.25) is 5.02 Å². The van der Waals surface area contributed by atoms with Crippen molar-refractivity contribution >= 4 is 63.2 Å². The number of ether oxygens (including phenoxy) is 2. The average molecular weight is 1120 g/mol. The molecule has 2 N–H and O–H groups in total. The number of amides is 1. The molecule has 1 amide bonds. The fourth-order valence-corrected chi connectivity index (χ4v) is 7.02. The molecule has 35 heteroatoms. The molecule has 1 saturated heterocycles. The summed E-state index contributed by atoms with van der Waals surface area (Å²) in [7, 11) is 0. The van der Waals surface area contributed by atoms with Crippen LogP contribution < -0.4 is 15.5 Å². The van der Waals surface area contributed by atoms with Crippen molar-refractivity contribution in [2.75, 3.05) is 54.9 Å². The molecule has 2 aromatic heterocycles. The van der Waals surface area contributed by atoms with E-state index in [4.69, 9.17) is 16.3 Å². The number of para-hydroxylation sites is 1. The van der Waals surface area contributed by atoms with Gasteiger partial charge in [-0.2, -0.15) is 92.2 Å². The van der Waals surface area contributed by atoms with Crippen LogP contribution >= 0.6 is 22.9 Å². The van der Waals surface area contributed by atoms with Crippen molar-refractivity contribution in [2.24, 2.45) is 0 Å². The lowest BCUT2D eigenvalue weighted by Crippen LogP contribution is -2.77. The Bertz CT molecular complexity index is 2430. The monoisotopic (exact) mass is 1120 g/mol. The number of alkyl halides is 21. The van der Waals surface area contributed by atoms with Crippen molar-refractivity contribution in [1.82, 2.24) is 19.9 Å². The van der Waals surface area contributed by atoms with Gasteiger partial charge in [-0.15, -0.1) is 0 Å². The van der Waals surface area contributed by atoms with Gasteiger partial charge < -0.3 is 25.0 Å². The van der Waals surface area contributed by atoms with E-state index in [0.29, 0.717) is 59.5 Å². The van der Waals surface area contributed by atoms with Crippen molar-refractivity contribution < 1.29 is 116 Å². The van der Waals surface area contributed by atoms with Gasteiger partial charge >= 0.3 is 71.6 Å². The number of halogens is 22. The first-order chi connectivity index (χ1) is 32.6. The number of hydrogen-bond donors (Lipinski definition) is 2. The van der Waals surface area contributed by atoms with Crippen LogP contribution in [0.3, 0.4) is 0 Å². The molecule has 0 spiro atoms. The minimum absolute atomic E-state index is 0.0401. The molecule has 72 heavy (non-hydrogen) atoms. The molecular weight excluding hydrogens is 1090 g/mol. The lowest BCUT2D eigenvalue weighted by atomic mass is 9.87. The van der Waals surface area contributed by atoms with E-state index in [1.165, 1.54) is 6.20 Å². The predicted molar refractivity (Wildman–Crippen MR) is 206 cm³/mol. The maximum atomic E-state index is 14.1. The fraction of sp³-hybridized carbons (Fsp3) is 0.568. The summed E-state index contributed by atoms with van der Waals surface area (Å²) in [6, 6.07) is 6.70. The third-order valence-corrected chi connectivity index (χ3v) is 11.3.